The summed E-state index contributed by atoms with van der Waals surface area (Å²) in [5.74, 6) is 8.16. The minimum absolute atomic E-state index is 0.655. The Kier molecular flexibility index (Phi) is 4.42. The van der Waals surface area contributed by atoms with Crippen LogP contribution in [0.3, 0.4) is 0 Å². The normalized spacial score (nSPS) is 13.1. The molecular formula is C30H33GeN2+. The summed E-state index contributed by atoms with van der Waals surface area (Å²) < 4.78 is 6.48. The van der Waals surface area contributed by atoms with E-state index in [1.165, 1.54) is 60.1 Å². The molecule has 0 aliphatic rings. The first-order chi connectivity index (χ1) is 15.6. The van der Waals surface area contributed by atoms with Gasteiger partial charge < -0.3 is 0 Å². The Hall–Kier alpha value is -2.59. The van der Waals surface area contributed by atoms with E-state index < -0.39 is 13.3 Å². The number of aromatic nitrogens is 2. The number of nitrogens with zero attached hydrogens (tertiary/aromatic N) is 2. The molecule has 0 aliphatic heterocycles. The molecule has 0 saturated carbocycles. The molecule has 0 N–H and O–H groups in total. The average molecular weight is 494 g/mol. The third kappa shape index (κ3) is 2.96. The van der Waals surface area contributed by atoms with Crippen LogP contribution in [0.1, 0.15) is 25.0 Å². The van der Waals surface area contributed by atoms with E-state index in [4.69, 9.17) is 0 Å². The van der Waals surface area contributed by atoms with E-state index in [2.05, 4.69) is 109 Å². The van der Waals surface area contributed by atoms with E-state index in [1.807, 2.05) is 0 Å². The Morgan fingerprint density at radius 2 is 1.67 bits per heavy atom. The number of hydrogen-bond acceptors (Lipinski definition) is 0. The Morgan fingerprint density at radius 3 is 2.39 bits per heavy atom. The molecule has 3 heterocycles. The maximum absolute atomic E-state index is 2.58. The van der Waals surface area contributed by atoms with Gasteiger partial charge in [0.1, 0.15) is 0 Å². The van der Waals surface area contributed by atoms with Crippen LogP contribution in [0.25, 0.3) is 49.0 Å². The number of hydrogen-bond donors (Lipinski definition) is 0. The molecule has 0 fully saturated rings. The summed E-state index contributed by atoms with van der Waals surface area (Å²) in [6.07, 6.45) is 3.37. The molecule has 0 atom stereocenters. The fourth-order valence-electron chi connectivity index (χ4n) is 5.80. The van der Waals surface area contributed by atoms with Crippen molar-refractivity contribution >= 4 is 66.7 Å². The van der Waals surface area contributed by atoms with Gasteiger partial charge in [0.05, 0.1) is 0 Å². The fraction of sp³-hybridized carbons (Fsp3) is 0.300. The van der Waals surface area contributed by atoms with Crippen molar-refractivity contribution < 1.29 is 4.57 Å². The first kappa shape index (κ1) is 21.0. The Bertz CT molecular complexity index is 1710. The molecule has 3 aromatic heterocycles. The van der Waals surface area contributed by atoms with E-state index in [1.54, 1.807) is 4.40 Å². The Balaban J connectivity index is 1.94. The summed E-state index contributed by atoms with van der Waals surface area (Å²) in [5, 5.41) is 6.91. The molecule has 3 heteroatoms. The zero-order chi connectivity index (χ0) is 23.2. The first-order valence-electron chi connectivity index (χ1n) is 12.2. The van der Waals surface area contributed by atoms with Gasteiger partial charge >= 0.3 is 199 Å². The summed E-state index contributed by atoms with van der Waals surface area (Å²) in [6.45, 7) is 6.88. The van der Waals surface area contributed by atoms with Crippen molar-refractivity contribution in [1.82, 2.24) is 4.40 Å². The van der Waals surface area contributed by atoms with Crippen LogP contribution in [-0.2, 0) is 13.5 Å². The molecule has 0 amide bonds. The van der Waals surface area contributed by atoms with Crippen LogP contribution in [0.4, 0.5) is 0 Å². The van der Waals surface area contributed by atoms with E-state index >= 15 is 0 Å². The van der Waals surface area contributed by atoms with Gasteiger partial charge in [-0.2, -0.15) is 0 Å². The van der Waals surface area contributed by atoms with Crippen molar-refractivity contribution in [2.75, 3.05) is 0 Å². The standard InChI is InChI=1S/C30H33GeN2/c1-18(2)14-20-9-11-25-24(15-20)23-10-8-19(3)27-29(23)33(25)26-17-22(31(4,5)6)16-21-12-13-32(7)30(27)28(21)26/h8-13,15-18H,14H2,1-7H3/q+1. The van der Waals surface area contributed by atoms with Gasteiger partial charge in [-0.25, -0.2) is 0 Å². The van der Waals surface area contributed by atoms with Gasteiger partial charge in [-0.05, 0) is 0 Å². The Morgan fingerprint density at radius 1 is 0.879 bits per heavy atom. The summed E-state index contributed by atoms with van der Waals surface area (Å²) in [7, 11) is 2.20. The van der Waals surface area contributed by atoms with Crippen LogP contribution in [0, 0.1) is 12.8 Å². The molecule has 0 bridgehead atoms. The zero-order valence-corrected chi connectivity index (χ0v) is 23.0. The number of pyridine rings is 2. The molecule has 33 heavy (non-hydrogen) atoms. The van der Waals surface area contributed by atoms with Gasteiger partial charge in [0.15, 0.2) is 0 Å². The average Bonchev–Trinajstić information content (AvgIpc) is 3.07. The van der Waals surface area contributed by atoms with Gasteiger partial charge in [0.2, 0.25) is 0 Å². The van der Waals surface area contributed by atoms with Crippen LogP contribution in [0.5, 0.6) is 0 Å². The zero-order valence-electron chi connectivity index (χ0n) is 20.9. The molecule has 6 aromatic rings. The van der Waals surface area contributed by atoms with Crippen LogP contribution in [0.15, 0.2) is 54.7 Å². The summed E-state index contributed by atoms with van der Waals surface area (Å²) in [4.78, 5) is 0. The van der Waals surface area contributed by atoms with Crippen molar-refractivity contribution in [3.8, 4) is 0 Å². The van der Waals surface area contributed by atoms with Crippen molar-refractivity contribution in [3.05, 3.63) is 65.9 Å². The monoisotopic (exact) mass is 495 g/mol. The fourth-order valence-corrected chi connectivity index (χ4v) is 8.23. The number of fused-ring (bicyclic) bond motifs is 5. The van der Waals surface area contributed by atoms with Crippen LogP contribution in [0.2, 0.25) is 17.3 Å². The molecule has 0 radical (unpaired) electrons. The maximum atomic E-state index is 2.58. The van der Waals surface area contributed by atoms with Crippen molar-refractivity contribution in [1.29, 1.82) is 0 Å². The molecule has 6 rings (SSSR count). The number of rotatable bonds is 3. The molecule has 0 saturated heterocycles. The van der Waals surface area contributed by atoms with Crippen molar-refractivity contribution in [2.45, 2.75) is 44.5 Å². The van der Waals surface area contributed by atoms with E-state index in [9.17, 15) is 0 Å². The van der Waals surface area contributed by atoms with Gasteiger partial charge in [0.25, 0.3) is 0 Å². The third-order valence-corrected chi connectivity index (χ3v) is 11.6. The first-order valence-corrected chi connectivity index (χ1v) is 19.5. The molecule has 166 valence electrons. The molecular weight excluding hydrogens is 461 g/mol. The van der Waals surface area contributed by atoms with Crippen LogP contribution >= 0.6 is 0 Å². The third-order valence-electron chi connectivity index (χ3n) is 7.40. The number of aryl methyl sites for hydroxylation is 2. The van der Waals surface area contributed by atoms with E-state index in [0.717, 1.165) is 6.42 Å². The van der Waals surface area contributed by atoms with Gasteiger partial charge in [-0.15, -0.1) is 0 Å². The predicted molar refractivity (Wildman–Crippen MR) is 146 cm³/mol. The Labute approximate surface area is 198 Å². The van der Waals surface area contributed by atoms with Gasteiger partial charge in [0, 0.05) is 0 Å². The van der Waals surface area contributed by atoms with Crippen LogP contribution < -0.4 is 8.96 Å². The van der Waals surface area contributed by atoms with Gasteiger partial charge in [-0.1, -0.05) is 0 Å². The SMILES string of the molecule is Cc1ccc2c3cc(CC(C)C)ccc3n3c4c[c]([Ge]([CH3])([CH3])[CH3])cc5cc[n+](C)c(c1c23)c54. The quantitative estimate of drug-likeness (QED) is 0.110. The summed E-state index contributed by atoms with van der Waals surface area (Å²) in [6, 6.07) is 19.2. The second-order valence-corrected chi connectivity index (χ2v) is 22.1. The second kappa shape index (κ2) is 6.96. The van der Waals surface area contributed by atoms with Crippen molar-refractivity contribution in [3.63, 3.8) is 0 Å². The minimum atomic E-state index is -2.04. The molecule has 2 nitrogen and oxygen atoms in total. The van der Waals surface area contributed by atoms with E-state index in [-0.39, 0.29) is 0 Å². The molecule has 3 aromatic carbocycles. The summed E-state index contributed by atoms with van der Waals surface area (Å²) in [5.41, 5.74) is 8.22. The van der Waals surface area contributed by atoms with Crippen LogP contribution in [-0.4, -0.2) is 17.7 Å². The van der Waals surface area contributed by atoms with Crippen molar-refractivity contribution in [2.24, 2.45) is 13.0 Å². The topological polar surface area (TPSA) is 8.29 Å². The predicted octanol–water partition coefficient (Wildman–Crippen LogP) is 6.87. The number of benzene rings is 3. The molecule has 0 unspecified atom stereocenters. The van der Waals surface area contributed by atoms with E-state index in [0.29, 0.717) is 5.92 Å². The molecule has 0 aliphatic carbocycles. The summed E-state index contributed by atoms with van der Waals surface area (Å²) >= 11 is -2.04. The molecule has 0 spiro atoms. The second-order valence-electron chi connectivity index (χ2n) is 11.4. The van der Waals surface area contributed by atoms with Gasteiger partial charge in [-0.3, -0.25) is 0 Å².